The van der Waals surface area contributed by atoms with Gasteiger partial charge in [0.15, 0.2) is 0 Å². The zero-order chi connectivity index (χ0) is 13.5. The van der Waals surface area contributed by atoms with Gasteiger partial charge in [0.1, 0.15) is 0 Å². The Balaban J connectivity index is 4.21. The highest BCUT2D eigenvalue weighted by molar-refractivity contribution is 8.00. The molecule has 0 aromatic rings. The predicted molar refractivity (Wildman–Crippen MR) is 77.6 cm³/mol. The van der Waals surface area contributed by atoms with Crippen LogP contribution in [0.25, 0.3) is 0 Å². The molecule has 1 atom stereocenters. The smallest absolute Gasteiger partial charge is 0.237 e. The van der Waals surface area contributed by atoms with E-state index in [0.717, 1.165) is 19.4 Å². The first-order valence-electron chi connectivity index (χ1n) is 6.49. The van der Waals surface area contributed by atoms with Crippen molar-refractivity contribution in [3.63, 3.8) is 0 Å². The molecule has 1 unspecified atom stereocenters. The summed E-state index contributed by atoms with van der Waals surface area (Å²) in [6.07, 6.45) is 4.39. The molecule has 0 aromatic carbocycles. The molecule has 0 rings (SSSR count). The summed E-state index contributed by atoms with van der Waals surface area (Å²) in [5, 5.41) is 6.27. The molecule has 0 radical (unpaired) electrons. The molecule has 102 valence electrons. The van der Waals surface area contributed by atoms with Crippen LogP contribution < -0.4 is 10.6 Å². The number of hydrogen-bond acceptors (Lipinski definition) is 3. The van der Waals surface area contributed by atoms with Crippen molar-refractivity contribution in [1.82, 2.24) is 10.6 Å². The van der Waals surface area contributed by atoms with Gasteiger partial charge in [-0.25, -0.2) is 0 Å². The third-order valence-electron chi connectivity index (χ3n) is 3.28. The predicted octanol–water partition coefficient (Wildman–Crippen LogP) is 2.41. The first kappa shape index (κ1) is 16.8. The standard InChI is InChI=1S/C13H28N2OS/c1-7-13(8-2,17-6)9-14-11(5)12(16)15-10(3)4/h10-11,14H,7-9H2,1-6H3,(H,15,16). The topological polar surface area (TPSA) is 41.1 Å². The minimum atomic E-state index is -0.123. The summed E-state index contributed by atoms with van der Waals surface area (Å²) in [5.41, 5.74) is 0. The van der Waals surface area contributed by atoms with E-state index in [-0.39, 0.29) is 22.7 Å². The number of nitrogens with one attached hydrogen (secondary N) is 2. The van der Waals surface area contributed by atoms with Crippen LogP contribution in [0.1, 0.15) is 47.5 Å². The fourth-order valence-electron chi connectivity index (χ4n) is 1.70. The third kappa shape index (κ3) is 5.77. The summed E-state index contributed by atoms with van der Waals surface area (Å²) in [7, 11) is 0. The summed E-state index contributed by atoms with van der Waals surface area (Å²) < 4.78 is 0.256. The highest BCUT2D eigenvalue weighted by atomic mass is 32.2. The molecule has 1 amide bonds. The van der Waals surface area contributed by atoms with Gasteiger partial charge in [0.05, 0.1) is 6.04 Å². The second-order valence-corrected chi connectivity index (χ2v) is 6.13. The van der Waals surface area contributed by atoms with E-state index in [1.807, 2.05) is 32.5 Å². The van der Waals surface area contributed by atoms with Crippen LogP contribution in [-0.4, -0.2) is 35.5 Å². The lowest BCUT2D eigenvalue weighted by Gasteiger charge is -2.31. The minimum absolute atomic E-state index is 0.0854. The van der Waals surface area contributed by atoms with Gasteiger partial charge in [0.2, 0.25) is 5.91 Å². The van der Waals surface area contributed by atoms with Crippen LogP contribution in [0, 0.1) is 0 Å². The van der Waals surface area contributed by atoms with Crippen LogP contribution in [0.15, 0.2) is 0 Å². The molecule has 0 aliphatic heterocycles. The lowest BCUT2D eigenvalue weighted by Crippen LogP contribution is -2.48. The van der Waals surface area contributed by atoms with Gasteiger partial charge in [-0.1, -0.05) is 13.8 Å². The van der Waals surface area contributed by atoms with Crippen molar-refractivity contribution in [3.05, 3.63) is 0 Å². The molecule has 4 heteroatoms. The van der Waals surface area contributed by atoms with Crippen molar-refractivity contribution in [2.75, 3.05) is 12.8 Å². The Morgan fingerprint density at radius 3 is 2.12 bits per heavy atom. The largest absolute Gasteiger partial charge is 0.353 e. The van der Waals surface area contributed by atoms with E-state index in [1.165, 1.54) is 0 Å². The quantitative estimate of drug-likeness (QED) is 0.704. The molecule has 0 aliphatic carbocycles. The Morgan fingerprint density at radius 2 is 1.76 bits per heavy atom. The first-order chi connectivity index (χ1) is 7.90. The first-order valence-corrected chi connectivity index (χ1v) is 7.72. The lowest BCUT2D eigenvalue weighted by atomic mass is 10.0. The molecule has 17 heavy (non-hydrogen) atoms. The number of amides is 1. The zero-order valence-electron chi connectivity index (χ0n) is 12.1. The van der Waals surface area contributed by atoms with Gasteiger partial charge < -0.3 is 10.6 Å². The molecule has 0 saturated heterocycles. The molecule has 0 aliphatic rings. The van der Waals surface area contributed by atoms with Crippen molar-refractivity contribution < 1.29 is 4.79 Å². The van der Waals surface area contributed by atoms with Crippen LogP contribution in [0.2, 0.25) is 0 Å². The summed E-state index contributed by atoms with van der Waals surface area (Å²) in [5.74, 6) is 0.0854. The van der Waals surface area contributed by atoms with Crippen LogP contribution in [0.4, 0.5) is 0 Å². The number of hydrogen-bond donors (Lipinski definition) is 2. The average Bonchev–Trinajstić information content (AvgIpc) is 2.30. The highest BCUT2D eigenvalue weighted by Crippen LogP contribution is 2.29. The summed E-state index contributed by atoms with van der Waals surface area (Å²) in [4.78, 5) is 11.8. The number of carbonyl (C=O) groups is 1. The van der Waals surface area contributed by atoms with Crippen LogP contribution in [-0.2, 0) is 4.79 Å². The molecule has 0 saturated carbocycles. The van der Waals surface area contributed by atoms with Crippen molar-refractivity contribution in [1.29, 1.82) is 0 Å². The molecule has 0 bridgehead atoms. The van der Waals surface area contributed by atoms with Gasteiger partial charge in [0.25, 0.3) is 0 Å². The summed E-state index contributed by atoms with van der Waals surface area (Å²) >= 11 is 1.89. The van der Waals surface area contributed by atoms with E-state index in [9.17, 15) is 4.79 Å². The Hall–Kier alpha value is -0.220. The maximum Gasteiger partial charge on any atom is 0.237 e. The Kier molecular flexibility index (Phi) is 7.88. The minimum Gasteiger partial charge on any atom is -0.353 e. The van der Waals surface area contributed by atoms with E-state index in [4.69, 9.17) is 0 Å². The van der Waals surface area contributed by atoms with Crippen LogP contribution in [0.5, 0.6) is 0 Å². The molecule has 0 fully saturated rings. The normalized spacial score (nSPS) is 13.8. The van der Waals surface area contributed by atoms with E-state index in [1.54, 1.807) is 0 Å². The summed E-state index contributed by atoms with van der Waals surface area (Å²) in [6, 6.07) is 0.0800. The van der Waals surface area contributed by atoms with Gasteiger partial charge in [-0.05, 0) is 39.9 Å². The number of thioether (sulfide) groups is 1. The summed E-state index contributed by atoms with van der Waals surface area (Å²) in [6.45, 7) is 11.2. The van der Waals surface area contributed by atoms with Crippen molar-refractivity contribution >= 4 is 17.7 Å². The van der Waals surface area contributed by atoms with Crippen LogP contribution in [0.3, 0.4) is 0 Å². The highest BCUT2D eigenvalue weighted by Gasteiger charge is 2.26. The second-order valence-electron chi connectivity index (χ2n) is 4.86. The number of rotatable bonds is 8. The monoisotopic (exact) mass is 260 g/mol. The van der Waals surface area contributed by atoms with Gasteiger partial charge in [-0.15, -0.1) is 0 Å². The fourth-order valence-corrected chi connectivity index (χ4v) is 2.51. The Bertz CT molecular complexity index is 219. The maximum atomic E-state index is 11.8. The van der Waals surface area contributed by atoms with Crippen molar-refractivity contribution in [3.8, 4) is 0 Å². The van der Waals surface area contributed by atoms with E-state index in [2.05, 4.69) is 30.7 Å². The Labute approximate surface area is 111 Å². The van der Waals surface area contributed by atoms with Crippen LogP contribution >= 0.6 is 11.8 Å². The molecule has 3 nitrogen and oxygen atoms in total. The van der Waals surface area contributed by atoms with Gasteiger partial charge in [-0.3, -0.25) is 4.79 Å². The zero-order valence-corrected chi connectivity index (χ0v) is 12.9. The van der Waals surface area contributed by atoms with Gasteiger partial charge in [0, 0.05) is 17.3 Å². The molecular formula is C13H28N2OS. The van der Waals surface area contributed by atoms with Crippen molar-refractivity contribution in [2.45, 2.75) is 64.3 Å². The molecule has 0 heterocycles. The molecule has 0 aromatic heterocycles. The van der Waals surface area contributed by atoms with Gasteiger partial charge >= 0.3 is 0 Å². The lowest BCUT2D eigenvalue weighted by molar-refractivity contribution is -0.123. The second kappa shape index (κ2) is 7.98. The Morgan fingerprint density at radius 1 is 1.24 bits per heavy atom. The SMILES string of the molecule is CCC(CC)(CNC(C)C(=O)NC(C)C)SC. The third-order valence-corrected chi connectivity index (χ3v) is 4.86. The van der Waals surface area contributed by atoms with Gasteiger partial charge in [-0.2, -0.15) is 11.8 Å². The maximum absolute atomic E-state index is 11.8. The molecule has 2 N–H and O–H groups in total. The number of carbonyl (C=O) groups excluding carboxylic acids is 1. The molecular weight excluding hydrogens is 232 g/mol. The van der Waals surface area contributed by atoms with Crippen molar-refractivity contribution in [2.24, 2.45) is 0 Å². The molecule has 0 spiro atoms. The van der Waals surface area contributed by atoms with E-state index in [0.29, 0.717) is 0 Å². The van der Waals surface area contributed by atoms with E-state index >= 15 is 0 Å². The fraction of sp³-hybridized carbons (Fsp3) is 0.923. The average molecular weight is 260 g/mol. The van der Waals surface area contributed by atoms with E-state index < -0.39 is 0 Å².